The number of carbonyl (C=O) groups is 2. The highest BCUT2D eigenvalue weighted by Gasteiger charge is 2.12. The second-order valence-corrected chi connectivity index (χ2v) is 4.76. The van der Waals surface area contributed by atoms with Gasteiger partial charge in [-0.05, 0) is 24.6 Å². The molecule has 3 amide bonds. The topological polar surface area (TPSA) is 81.7 Å². The minimum Gasteiger partial charge on any atom is -0.395 e. The minimum atomic E-state index is -0.252. The normalized spacial score (nSPS) is 10.0. The van der Waals surface area contributed by atoms with Crippen molar-refractivity contribution >= 4 is 23.3 Å². The van der Waals surface area contributed by atoms with E-state index in [1.807, 2.05) is 6.92 Å². The highest BCUT2D eigenvalue weighted by atomic mass is 16.3. The highest BCUT2D eigenvalue weighted by Crippen LogP contribution is 2.15. The van der Waals surface area contributed by atoms with Crippen molar-refractivity contribution in [2.75, 3.05) is 30.3 Å². The number of benzene rings is 1. The Kier molecular flexibility index (Phi) is 7.25. The molecule has 1 aromatic rings. The molecule has 0 spiro atoms. The third-order valence-electron chi connectivity index (χ3n) is 2.87. The van der Waals surface area contributed by atoms with Crippen molar-refractivity contribution in [3.8, 4) is 0 Å². The van der Waals surface area contributed by atoms with Gasteiger partial charge in [-0.1, -0.05) is 19.4 Å². The summed E-state index contributed by atoms with van der Waals surface area (Å²) in [5.74, 6) is -0.164. The van der Waals surface area contributed by atoms with Gasteiger partial charge >= 0.3 is 6.03 Å². The van der Waals surface area contributed by atoms with E-state index in [0.29, 0.717) is 24.5 Å². The van der Waals surface area contributed by atoms with Crippen molar-refractivity contribution in [1.29, 1.82) is 0 Å². The summed E-state index contributed by atoms with van der Waals surface area (Å²) >= 11 is 0. The monoisotopic (exact) mass is 293 g/mol. The van der Waals surface area contributed by atoms with Crippen LogP contribution in [0.4, 0.5) is 16.2 Å². The number of urea groups is 1. The first kappa shape index (κ1) is 17.0. The van der Waals surface area contributed by atoms with Crippen LogP contribution in [0.1, 0.15) is 26.7 Å². The van der Waals surface area contributed by atoms with E-state index in [9.17, 15) is 9.59 Å². The van der Waals surface area contributed by atoms with Crippen molar-refractivity contribution in [1.82, 2.24) is 4.90 Å². The van der Waals surface area contributed by atoms with Crippen molar-refractivity contribution < 1.29 is 14.7 Å². The van der Waals surface area contributed by atoms with E-state index in [-0.39, 0.29) is 18.5 Å². The molecule has 0 heterocycles. The Hall–Kier alpha value is -2.08. The Labute approximate surface area is 125 Å². The van der Waals surface area contributed by atoms with Gasteiger partial charge in [-0.25, -0.2) is 4.79 Å². The molecule has 0 bridgehead atoms. The van der Waals surface area contributed by atoms with E-state index in [0.717, 1.165) is 12.8 Å². The molecule has 3 N–H and O–H groups in total. The second-order valence-electron chi connectivity index (χ2n) is 4.76. The van der Waals surface area contributed by atoms with Crippen LogP contribution in [0.2, 0.25) is 0 Å². The van der Waals surface area contributed by atoms with Crippen molar-refractivity contribution in [3.63, 3.8) is 0 Å². The first-order chi connectivity index (χ1) is 10.1. The molecule has 0 radical (unpaired) electrons. The quantitative estimate of drug-likeness (QED) is 0.721. The zero-order valence-corrected chi connectivity index (χ0v) is 12.6. The Morgan fingerprint density at radius 1 is 1.19 bits per heavy atom. The van der Waals surface area contributed by atoms with Gasteiger partial charge in [0, 0.05) is 31.4 Å². The van der Waals surface area contributed by atoms with Crippen LogP contribution in [-0.4, -0.2) is 41.6 Å². The fourth-order valence-electron chi connectivity index (χ4n) is 1.87. The SMILES string of the molecule is CCCCN(CCO)C(=O)Nc1cccc(NC(C)=O)c1. The lowest BCUT2D eigenvalue weighted by molar-refractivity contribution is -0.114. The lowest BCUT2D eigenvalue weighted by Gasteiger charge is -2.22. The fourth-order valence-corrected chi connectivity index (χ4v) is 1.87. The molecule has 0 fully saturated rings. The average molecular weight is 293 g/mol. The van der Waals surface area contributed by atoms with Gasteiger partial charge < -0.3 is 20.6 Å². The lowest BCUT2D eigenvalue weighted by Crippen LogP contribution is -2.37. The van der Waals surface area contributed by atoms with Gasteiger partial charge in [-0.15, -0.1) is 0 Å². The van der Waals surface area contributed by atoms with Gasteiger partial charge in [0.15, 0.2) is 0 Å². The Morgan fingerprint density at radius 2 is 1.86 bits per heavy atom. The molecule has 21 heavy (non-hydrogen) atoms. The number of hydrogen-bond acceptors (Lipinski definition) is 3. The molecule has 6 nitrogen and oxygen atoms in total. The number of aliphatic hydroxyl groups is 1. The molecule has 116 valence electrons. The smallest absolute Gasteiger partial charge is 0.321 e. The summed E-state index contributed by atoms with van der Waals surface area (Å²) in [6.07, 6.45) is 1.87. The van der Waals surface area contributed by atoms with Gasteiger partial charge in [-0.3, -0.25) is 4.79 Å². The summed E-state index contributed by atoms with van der Waals surface area (Å²) in [6, 6.07) is 6.69. The number of carbonyl (C=O) groups excluding carboxylic acids is 2. The molecule has 0 atom stereocenters. The molecule has 0 saturated carbocycles. The molecule has 0 aliphatic rings. The van der Waals surface area contributed by atoms with Crippen LogP contribution in [0.15, 0.2) is 24.3 Å². The molecular formula is C15H23N3O3. The predicted octanol–water partition coefficient (Wildman–Crippen LogP) is 2.27. The van der Waals surface area contributed by atoms with E-state index in [2.05, 4.69) is 10.6 Å². The zero-order chi connectivity index (χ0) is 15.7. The van der Waals surface area contributed by atoms with Gasteiger partial charge in [0.05, 0.1) is 6.61 Å². The summed E-state index contributed by atoms with van der Waals surface area (Å²) in [5, 5.41) is 14.5. The van der Waals surface area contributed by atoms with Crippen LogP contribution < -0.4 is 10.6 Å². The number of amides is 3. The van der Waals surface area contributed by atoms with E-state index in [1.165, 1.54) is 6.92 Å². The molecule has 0 saturated heterocycles. The number of rotatable bonds is 7. The number of nitrogens with zero attached hydrogens (tertiary/aromatic N) is 1. The number of unbranched alkanes of at least 4 members (excludes halogenated alkanes) is 1. The van der Waals surface area contributed by atoms with Crippen molar-refractivity contribution in [2.45, 2.75) is 26.7 Å². The first-order valence-corrected chi connectivity index (χ1v) is 7.11. The Morgan fingerprint density at radius 3 is 2.43 bits per heavy atom. The van der Waals surface area contributed by atoms with Gasteiger partial charge in [-0.2, -0.15) is 0 Å². The van der Waals surface area contributed by atoms with Crippen LogP contribution in [0.25, 0.3) is 0 Å². The van der Waals surface area contributed by atoms with Crippen molar-refractivity contribution in [2.24, 2.45) is 0 Å². The molecule has 1 aromatic carbocycles. The van der Waals surface area contributed by atoms with E-state index < -0.39 is 0 Å². The average Bonchev–Trinajstić information content (AvgIpc) is 2.43. The maximum absolute atomic E-state index is 12.2. The molecule has 1 rings (SSSR count). The van der Waals surface area contributed by atoms with Crippen molar-refractivity contribution in [3.05, 3.63) is 24.3 Å². The van der Waals surface area contributed by atoms with Gasteiger partial charge in [0.2, 0.25) is 5.91 Å². The summed E-state index contributed by atoms with van der Waals surface area (Å²) in [4.78, 5) is 24.8. The van der Waals surface area contributed by atoms with Crippen LogP contribution in [0.3, 0.4) is 0 Å². The molecule has 0 unspecified atom stereocenters. The third-order valence-corrected chi connectivity index (χ3v) is 2.87. The molecule has 0 aliphatic heterocycles. The summed E-state index contributed by atoms with van der Waals surface area (Å²) in [7, 11) is 0. The van der Waals surface area contributed by atoms with Crippen LogP contribution in [-0.2, 0) is 4.79 Å². The number of anilines is 2. The fraction of sp³-hybridized carbons (Fsp3) is 0.467. The summed E-state index contributed by atoms with van der Waals surface area (Å²) < 4.78 is 0. The molecular weight excluding hydrogens is 270 g/mol. The van der Waals surface area contributed by atoms with Crippen LogP contribution in [0, 0.1) is 0 Å². The van der Waals surface area contributed by atoms with Crippen LogP contribution in [0.5, 0.6) is 0 Å². The largest absolute Gasteiger partial charge is 0.395 e. The minimum absolute atomic E-state index is 0.0664. The van der Waals surface area contributed by atoms with Gasteiger partial charge in [0.25, 0.3) is 0 Å². The second kappa shape index (κ2) is 8.97. The highest BCUT2D eigenvalue weighted by molar-refractivity contribution is 5.92. The first-order valence-electron chi connectivity index (χ1n) is 7.11. The Bertz CT molecular complexity index is 477. The molecule has 0 aromatic heterocycles. The third kappa shape index (κ3) is 6.27. The summed E-state index contributed by atoms with van der Waals surface area (Å²) in [5.41, 5.74) is 1.23. The predicted molar refractivity (Wildman–Crippen MR) is 83.3 cm³/mol. The molecule has 6 heteroatoms. The van der Waals surface area contributed by atoms with Crippen LogP contribution >= 0.6 is 0 Å². The van der Waals surface area contributed by atoms with E-state index in [4.69, 9.17) is 5.11 Å². The number of nitrogens with one attached hydrogen (secondary N) is 2. The zero-order valence-electron chi connectivity index (χ0n) is 12.6. The maximum atomic E-state index is 12.2. The summed E-state index contributed by atoms with van der Waals surface area (Å²) in [6.45, 7) is 4.32. The molecule has 0 aliphatic carbocycles. The van der Waals surface area contributed by atoms with Gasteiger partial charge in [0.1, 0.15) is 0 Å². The maximum Gasteiger partial charge on any atom is 0.321 e. The standard InChI is InChI=1S/C15H23N3O3/c1-3-4-8-18(9-10-19)15(21)17-14-7-5-6-13(11-14)16-12(2)20/h5-7,11,19H,3-4,8-10H2,1-2H3,(H,16,20)(H,17,21). The van der Waals surface area contributed by atoms with E-state index >= 15 is 0 Å². The lowest BCUT2D eigenvalue weighted by atomic mass is 10.2. The van der Waals surface area contributed by atoms with E-state index in [1.54, 1.807) is 29.2 Å². The number of aliphatic hydroxyl groups excluding tert-OH is 1. The Balaban J connectivity index is 2.68. The number of hydrogen-bond donors (Lipinski definition) is 3.